The van der Waals surface area contributed by atoms with Crippen LogP contribution in [0.3, 0.4) is 0 Å². The monoisotopic (exact) mass is 532 g/mol. The number of nitrogens with zero attached hydrogens (tertiary/aromatic N) is 2. The fourth-order valence-electron chi connectivity index (χ4n) is 4.29. The Morgan fingerprint density at radius 2 is 1.61 bits per heavy atom. The maximum absolute atomic E-state index is 14.0. The Morgan fingerprint density at radius 1 is 1.00 bits per heavy atom. The summed E-state index contributed by atoms with van der Waals surface area (Å²) in [7, 11) is 0. The fraction of sp³-hybridized carbons (Fsp3) is 0.655. The highest BCUT2D eigenvalue weighted by atomic mass is 16.6. The van der Waals surface area contributed by atoms with Crippen molar-refractivity contribution in [2.24, 2.45) is 5.92 Å². The molecule has 1 heterocycles. The number of hydrogen-bond donors (Lipinski definition) is 0. The predicted molar refractivity (Wildman–Crippen MR) is 143 cm³/mol. The smallest absolute Gasteiger partial charge is 0.411 e. The number of rotatable bonds is 9. The molecule has 1 aliphatic heterocycles. The van der Waals surface area contributed by atoms with E-state index in [4.69, 9.17) is 14.2 Å². The van der Waals surface area contributed by atoms with Gasteiger partial charge in [-0.25, -0.2) is 9.59 Å². The van der Waals surface area contributed by atoms with Gasteiger partial charge in [-0.2, -0.15) is 0 Å². The molecule has 0 radical (unpaired) electrons. The molecule has 2 amide bonds. The van der Waals surface area contributed by atoms with E-state index >= 15 is 0 Å². The molecule has 0 N–H and O–H groups in total. The first-order chi connectivity index (χ1) is 17.6. The second-order valence-electron chi connectivity index (χ2n) is 11.8. The number of esters is 2. The third kappa shape index (κ3) is 9.33. The van der Waals surface area contributed by atoms with Crippen molar-refractivity contribution >= 4 is 23.9 Å². The summed E-state index contributed by atoms with van der Waals surface area (Å²) in [6.45, 7) is 14.1. The zero-order valence-corrected chi connectivity index (χ0v) is 24.1. The summed E-state index contributed by atoms with van der Waals surface area (Å²) in [4.78, 5) is 55.9. The molecule has 0 aromatic heterocycles. The molecule has 1 saturated heterocycles. The van der Waals surface area contributed by atoms with Crippen molar-refractivity contribution in [1.29, 1.82) is 0 Å². The summed E-state index contributed by atoms with van der Waals surface area (Å²) < 4.78 is 16.6. The van der Waals surface area contributed by atoms with Gasteiger partial charge in [-0.15, -0.1) is 0 Å². The Kier molecular flexibility index (Phi) is 10.7. The van der Waals surface area contributed by atoms with Crippen LogP contribution in [0.4, 0.5) is 4.79 Å². The van der Waals surface area contributed by atoms with Gasteiger partial charge in [0.25, 0.3) is 0 Å². The summed E-state index contributed by atoms with van der Waals surface area (Å²) in [5, 5.41) is 0. The predicted octanol–water partition coefficient (Wildman–Crippen LogP) is 4.71. The average Bonchev–Trinajstić information content (AvgIpc) is 3.30. The van der Waals surface area contributed by atoms with Crippen LogP contribution in [0, 0.1) is 5.92 Å². The van der Waals surface area contributed by atoms with Crippen LogP contribution in [0.5, 0.6) is 0 Å². The van der Waals surface area contributed by atoms with Crippen molar-refractivity contribution < 1.29 is 33.4 Å². The maximum Gasteiger partial charge on any atom is 0.411 e. The molecule has 0 aliphatic carbocycles. The van der Waals surface area contributed by atoms with Gasteiger partial charge in [0.1, 0.15) is 36.4 Å². The van der Waals surface area contributed by atoms with Crippen molar-refractivity contribution in [2.45, 2.75) is 105 Å². The number of ether oxygens (including phenoxy) is 3. The van der Waals surface area contributed by atoms with Gasteiger partial charge in [0, 0.05) is 6.54 Å². The lowest BCUT2D eigenvalue weighted by molar-refractivity contribution is -0.160. The molecule has 1 fully saturated rings. The van der Waals surface area contributed by atoms with Crippen LogP contribution in [0.2, 0.25) is 0 Å². The van der Waals surface area contributed by atoms with Gasteiger partial charge in [0.15, 0.2) is 0 Å². The average molecular weight is 533 g/mol. The standard InChI is InChI=1S/C29H44N2O7/c1-9-20(2)24(31(27(35)38-29(6,7)8)18-23(32)37-28(3,4)5)25(33)30-17-13-16-22(30)26(34)36-19-21-14-11-10-12-15-21/h10-12,14-15,20,22,24H,9,13,16-19H2,1-8H3/t20-,22-,24-/m0/s1. The van der Waals surface area contributed by atoms with E-state index in [-0.39, 0.29) is 12.5 Å². The third-order valence-corrected chi connectivity index (χ3v) is 6.15. The largest absolute Gasteiger partial charge is 0.459 e. The van der Waals surface area contributed by atoms with E-state index in [0.29, 0.717) is 25.8 Å². The first-order valence-electron chi connectivity index (χ1n) is 13.4. The lowest BCUT2D eigenvalue weighted by atomic mass is 9.96. The molecule has 0 unspecified atom stereocenters. The fourth-order valence-corrected chi connectivity index (χ4v) is 4.29. The van der Waals surface area contributed by atoms with Crippen molar-refractivity contribution in [2.75, 3.05) is 13.1 Å². The minimum absolute atomic E-state index is 0.107. The molecule has 0 spiro atoms. The first kappa shape index (κ1) is 31.1. The molecule has 3 atom stereocenters. The molecule has 2 rings (SSSR count). The van der Waals surface area contributed by atoms with Crippen molar-refractivity contribution in [1.82, 2.24) is 9.80 Å². The van der Waals surface area contributed by atoms with Crippen molar-refractivity contribution in [3.05, 3.63) is 35.9 Å². The topological polar surface area (TPSA) is 102 Å². The van der Waals surface area contributed by atoms with Crippen LogP contribution in [0.25, 0.3) is 0 Å². The molecule has 38 heavy (non-hydrogen) atoms. The molecule has 1 aromatic carbocycles. The summed E-state index contributed by atoms with van der Waals surface area (Å²) >= 11 is 0. The van der Waals surface area contributed by atoms with Crippen molar-refractivity contribution in [3.63, 3.8) is 0 Å². The zero-order chi connectivity index (χ0) is 28.7. The summed E-state index contributed by atoms with van der Waals surface area (Å²) in [5.74, 6) is -1.87. The van der Waals surface area contributed by atoms with E-state index in [0.717, 1.165) is 10.5 Å². The number of hydrogen-bond acceptors (Lipinski definition) is 7. The molecular formula is C29H44N2O7. The lowest BCUT2D eigenvalue weighted by Crippen LogP contribution is -2.58. The highest BCUT2D eigenvalue weighted by Crippen LogP contribution is 2.27. The number of likely N-dealkylation sites (tertiary alicyclic amines) is 1. The summed E-state index contributed by atoms with van der Waals surface area (Å²) in [6, 6.07) is 7.54. The van der Waals surface area contributed by atoms with Gasteiger partial charge >= 0.3 is 18.0 Å². The van der Waals surface area contributed by atoms with Gasteiger partial charge in [0.2, 0.25) is 5.91 Å². The summed E-state index contributed by atoms with van der Waals surface area (Å²) in [5.41, 5.74) is -0.763. The minimum Gasteiger partial charge on any atom is -0.459 e. The molecule has 0 bridgehead atoms. The van der Waals surface area contributed by atoms with Crippen LogP contribution in [-0.2, 0) is 35.2 Å². The molecule has 0 saturated carbocycles. The Balaban J connectivity index is 2.32. The number of carbonyl (C=O) groups is 4. The van der Waals surface area contributed by atoms with Crippen molar-refractivity contribution in [3.8, 4) is 0 Å². The Labute approximate surface area is 226 Å². The quantitative estimate of drug-likeness (QED) is 0.335. The van der Waals surface area contributed by atoms with Crippen LogP contribution >= 0.6 is 0 Å². The SMILES string of the molecule is CC[C@H](C)[C@@H](C(=O)N1CCC[C@H]1C(=O)OCc1ccccc1)N(CC(=O)OC(C)(C)C)C(=O)OC(C)(C)C. The van der Waals surface area contributed by atoms with E-state index in [9.17, 15) is 19.2 Å². The van der Waals surface area contributed by atoms with E-state index in [2.05, 4.69) is 0 Å². The number of carbonyl (C=O) groups excluding carboxylic acids is 4. The zero-order valence-electron chi connectivity index (χ0n) is 24.1. The van der Waals surface area contributed by atoms with E-state index in [1.54, 1.807) is 41.5 Å². The Morgan fingerprint density at radius 3 is 2.16 bits per heavy atom. The highest BCUT2D eigenvalue weighted by molar-refractivity contribution is 5.91. The van der Waals surface area contributed by atoms with Crippen LogP contribution in [0.15, 0.2) is 30.3 Å². The number of benzene rings is 1. The Hall–Kier alpha value is -3.10. The molecule has 1 aromatic rings. The maximum atomic E-state index is 14.0. The van der Waals surface area contributed by atoms with Crippen LogP contribution < -0.4 is 0 Å². The van der Waals surface area contributed by atoms with Crippen LogP contribution in [-0.4, -0.2) is 70.1 Å². The Bertz CT molecular complexity index is 965. The highest BCUT2D eigenvalue weighted by Gasteiger charge is 2.44. The lowest BCUT2D eigenvalue weighted by Gasteiger charge is -2.38. The van der Waals surface area contributed by atoms with E-state index in [1.165, 1.54) is 4.90 Å². The molecule has 212 valence electrons. The van der Waals surface area contributed by atoms with Gasteiger partial charge in [-0.1, -0.05) is 50.6 Å². The van der Waals surface area contributed by atoms with E-state index in [1.807, 2.05) is 44.2 Å². The molecule has 9 nitrogen and oxygen atoms in total. The summed E-state index contributed by atoms with van der Waals surface area (Å²) in [6.07, 6.45) is 0.860. The molecule has 9 heteroatoms. The minimum atomic E-state index is -1.02. The third-order valence-electron chi connectivity index (χ3n) is 6.15. The van der Waals surface area contributed by atoms with Gasteiger partial charge < -0.3 is 19.1 Å². The van der Waals surface area contributed by atoms with Crippen LogP contribution in [0.1, 0.15) is 80.2 Å². The normalized spacial score (nSPS) is 17.4. The molecular weight excluding hydrogens is 488 g/mol. The van der Waals surface area contributed by atoms with Gasteiger partial charge in [0.05, 0.1) is 0 Å². The second-order valence-corrected chi connectivity index (χ2v) is 11.8. The number of amides is 2. The first-order valence-corrected chi connectivity index (χ1v) is 13.4. The second kappa shape index (κ2) is 13.1. The van der Waals surface area contributed by atoms with E-state index < -0.39 is 53.8 Å². The molecule has 1 aliphatic rings. The van der Waals surface area contributed by atoms with Gasteiger partial charge in [-0.3, -0.25) is 14.5 Å². The van der Waals surface area contributed by atoms with Gasteiger partial charge in [-0.05, 0) is 65.9 Å².